The lowest BCUT2D eigenvalue weighted by Gasteiger charge is -2.31. The Labute approximate surface area is 149 Å². The lowest BCUT2D eigenvalue weighted by molar-refractivity contribution is 0.237. The summed E-state index contributed by atoms with van der Waals surface area (Å²) in [7, 11) is 0. The van der Waals surface area contributed by atoms with Gasteiger partial charge in [-0.3, -0.25) is 0 Å². The maximum Gasteiger partial charge on any atom is 0.319 e. The lowest BCUT2D eigenvalue weighted by Crippen LogP contribution is -2.44. The summed E-state index contributed by atoms with van der Waals surface area (Å²) in [5.41, 5.74) is 3.46. The largest absolute Gasteiger partial charge is 0.327 e. The van der Waals surface area contributed by atoms with Gasteiger partial charge in [-0.25, -0.2) is 4.79 Å². The lowest BCUT2D eigenvalue weighted by atomic mass is 9.89. The molecule has 2 N–H and O–H groups in total. The molecule has 3 nitrogen and oxygen atoms in total. The first kappa shape index (κ1) is 17.3. The highest BCUT2D eigenvalue weighted by molar-refractivity contribution is 6.31. The molecule has 0 saturated carbocycles. The molecule has 0 fully saturated rings. The summed E-state index contributed by atoms with van der Waals surface area (Å²) < 4.78 is 0. The number of amides is 2. The Balaban J connectivity index is 1.90. The second-order valence-electron chi connectivity index (χ2n) is 6.89. The summed E-state index contributed by atoms with van der Waals surface area (Å²) in [5.74, 6) is 0. The van der Waals surface area contributed by atoms with Gasteiger partial charge < -0.3 is 10.6 Å². The van der Waals surface area contributed by atoms with Gasteiger partial charge in [0.1, 0.15) is 0 Å². The molecule has 4 heteroatoms. The molecule has 1 unspecified atom stereocenters. The molecule has 24 heavy (non-hydrogen) atoms. The van der Waals surface area contributed by atoms with E-state index in [4.69, 9.17) is 11.6 Å². The zero-order valence-corrected chi connectivity index (χ0v) is 15.0. The van der Waals surface area contributed by atoms with E-state index in [9.17, 15) is 4.79 Å². The average molecular weight is 347 g/mol. The van der Waals surface area contributed by atoms with Gasteiger partial charge in [-0.2, -0.15) is 0 Å². The van der Waals surface area contributed by atoms with Gasteiger partial charge in [-0.15, -0.1) is 0 Å². The Morgan fingerprint density at radius 3 is 2.21 bits per heavy atom. The van der Waals surface area contributed by atoms with Gasteiger partial charge in [0.2, 0.25) is 0 Å². The number of nitrogens with one attached hydrogen (secondary N) is 2. The van der Waals surface area contributed by atoms with Crippen molar-refractivity contribution < 1.29 is 4.79 Å². The predicted octanol–water partition coefficient (Wildman–Crippen LogP) is 5.86. The van der Waals surface area contributed by atoms with Gasteiger partial charge in [0.15, 0.2) is 0 Å². The zero-order valence-electron chi connectivity index (χ0n) is 14.2. The molecule has 1 aliphatic heterocycles. The van der Waals surface area contributed by atoms with Crippen LogP contribution in [-0.4, -0.2) is 6.03 Å². The summed E-state index contributed by atoms with van der Waals surface area (Å²) in [6, 6.07) is 7.66. The molecule has 1 heterocycles. The van der Waals surface area contributed by atoms with Crippen molar-refractivity contribution in [2.75, 3.05) is 0 Å². The second-order valence-corrected chi connectivity index (χ2v) is 7.29. The van der Waals surface area contributed by atoms with E-state index < -0.39 is 0 Å². The summed E-state index contributed by atoms with van der Waals surface area (Å²) in [4.78, 5) is 12.2. The number of carbonyl (C=O) groups excluding carboxylic acids is 1. The highest BCUT2D eigenvalue weighted by Gasteiger charge is 2.28. The molecule has 1 aromatic carbocycles. The number of hydrogen-bond acceptors (Lipinski definition) is 1. The topological polar surface area (TPSA) is 41.1 Å². The molecule has 0 spiro atoms. The van der Waals surface area contributed by atoms with Crippen molar-refractivity contribution in [3.05, 3.63) is 46.1 Å². The molecule has 0 bridgehead atoms. The molecule has 0 aromatic heterocycles. The van der Waals surface area contributed by atoms with Crippen LogP contribution in [0.25, 0.3) is 0 Å². The van der Waals surface area contributed by atoms with Crippen LogP contribution >= 0.6 is 11.6 Å². The van der Waals surface area contributed by atoms with E-state index in [0.29, 0.717) is 0 Å². The van der Waals surface area contributed by atoms with Crippen molar-refractivity contribution in [3.63, 3.8) is 0 Å². The normalized spacial score (nSPS) is 23.4. The number of benzene rings is 1. The van der Waals surface area contributed by atoms with Crippen molar-refractivity contribution in [3.8, 4) is 0 Å². The van der Waals surface area contributed by atoms with Crippen LogP contribution in [0.4, 0.5) is 4.79 Å². The Morgan fingerprint density at radius 2 is 1.50 bits per heavy atom. The third-order valence-electron chi connectivity index (χ3n) is 5.12. The summed E-state index contributed by atoms with van der Waals surface area (Å²) in [6.45, 7) is 0. The number of urea groups is 1. The Bertz CT molecular complexity index is 611. The molecule has 3 rings (SSSR count). The molecule has 1 aliphatic carbocycles. The van der Waals surface area contributed by atoms with E-state index >= 15 is 0 Å². The van der Waals surface area contributed by atoms with Crippen molar-refractivity contribution in [2.45, 2.75) is 70.3 Å². The Morgan fingerprint density at radius 1 is 0.875 bits per heavy atom. The molecule has 0 radical (unpaired) electrons. The quantitative estimate of drug-likeness (QED) is 0.656. The van der Waals surface area contributed by atoms with Crippen molar-refractivity contribution in [2.24, 2.45) is 0 Å². The minimum Gasteiger partial charge on any atom is -0.327 e. The maximum atomic E-state index is 12.2. The van der Waals surface area contributed by atoms with Crippen molar-refractivity contribution in [1.29, 1.82) is 0 Å². The number of hydrogen-bond donors (Lipinski definition) is 2. The number of allylic oxidation sites excluding steroid dienone is 1. The molecule has 1 atom stereocenters. The number of carbonyl (C=O) groups is 1. The van der Waals surface area contributed by atoms with Gasteiger partial charge in [-0.05, 0) is 42.9 Å². The molecule has 2 amide bonds. The first-order valence-electron chi connectivity index (χ1n) is 9.29. The highest BCUT2D eigenvalue weighted by atomic mass is 35.5. The van der Waals surface area contributed by atoms with Gasteiger partial charge in [0.05, 0.1) is 6.04 Å². The summed E-state index contributed by atoms with van der Waals surface area (Å²) >= 11 is 6.42. The first-order valence-corrected chi connectivity index (χ1v) is 9.67. The van der Waals surface area contributed by atoms with Crippen molar-refractivity contribution >= 4 is 17.6 Å². The first-order chi connectivity index (χ1) is 11.8. The van der Waals surface area contributed by atoms with Crippen LogP contribution in [-0.2, 0) is 0 Å². The maximum absolute atomic E-state index is 12.2. The van der Waals surface area contributed by atoms with Crippen LogP contribution in [0.3, 0.4) is 0 Å². The van der Waals surface area contributed by atoms with E-state index in [2.05, 4.69) is 10.6 Å². The summed E-state index contributed by atoms with van der Waals surface area (Å²) in [5, 5.41) is 6.89. The Hall–Kier alpha value is -1.48. The van der Waals surface area contributed by atoms with E-state index in [-0.39, 0.29) is 12.1 Å². The highest BCUT2D eigenvalue weighted by Crippen LogP contribution is 2.35. The third-order valence-corrected chi connectivity index (χ3v) is 5.46. The fourth-order valence-corrected chi connectivity index (χ4v) is 4.06. The predicted molar refractivity (Wildman–Crippen MR) is 99.1 cm³/mol. The van der Waals surface area contributed by atoms with Gasteiger partial charge in [0, 0.05) is 10.7 Å². The number of halogens is 1. The average Bonchev–Trinajstić information content (AvgIpc) is 2.56. The Kier molecular flexibility index (Phi) is 6.19. The molecule has 1 aromatic rings. The van der Waals surface area contributed by atoms with Crippen LogP contribution in [0, 0.1) is 0 Å². The van der Waals surface area contributed by atoms with Crippen LogP contribution in [0.2, 0.25) is 5.02 Å². The molecular formula is C20H27ClN2O. The van der Waals surface area contributed by atoms with E-state index in [1.54, 1.807) is 0 Å². The van der Waals surface area contributed by atoms with E-state index in [1.165, 1.54) is 50.5 Å². The molecule has 130 valence electrons. The van der Waals surface area contributed by atoms with Crippen LogP contribution in [0.15, 0.2) is 35.5 Å². The minimum atomic E-state index is -0.106. The van der Waals surface area contributed by atoms with Gasteiger partial charge in [-0.1, -0.05) is 68.3 Å². The van der Waals surface area contributed by atoms with Gasteiger partial charge >= 0.3 is 6.03 Å². The fraction of sp³-hybridized carbons (Fsp3) is 0.550. The number of rotatable bonds is 1. The van der Waals surface area contributed by atoms with Gasteiger partial charge in [0.25, 0.3) is 0 Å². The smallest absolute Gasteiger partial charge is 0.319 e. The second kappa shape index (κ2) is 8.57. The third kappa shape index (κ3) is 4.32. The summed E-state index contributed by atoms with van der Waals surface area (Å²) in [6.07, 6.45) is 12.2. The fourth-order valence-electron chi connectivity index (χ4n) is 3.82. The molecular weight excluding hydrogens is 320 g/mol. The van der Waals surface area contributed by atoms with Crippen LogP contribution in [0.1, 0.15) is 75.8 Å². The zero-order chi connectivity index (χ0) is 16.8. The van der Waals surface area contributed by atoms with Crippen LogP contribution < -0.4 is 10.6 Å². The van der Waals surface area contributed by atoms with E-state index in [1.807, 2.05) is 24.3 Å². The van der Waals surface area contributed by atoms with E-state index in [0.717, 1.165) is 35.5 Å². The monoisotopic (exact) mass is 346 g/mol. The standard InChI is InChI=1S/C20H27ClN2O/c21-17-13-10-9-11-15(17)19-16-12-7-5-3-1-2-4-6-8-14-18(16)22-20(24)23-19/h9-11,13,19H,1-8,12,14H2,(H2,22,23,24). The molecule has 2 aliphatic rings. The molecule has 0 saturated heterocycles. The van der Waals surface area contributed by atoms with Crippen molar-refractivity contribution in [1.82, 2.24) is 10.6 Å². The van der Waals surface area contributed by atoms with Crippen LogP contribution in [0.5, 0.6) is 0 Å². The minimum absolute atomic E-state index is 0.0922. The SMILES string of the molecule is O=C1NC2=C(CCCCCCCCCC2)C(c2ccccc2Cl)N1.